The smallest absolute Gasteiger partial charge is 0.280 e. The Kier molecular flexibility index (Phi) is 7.29. The van der Waals surface area contributed by atoms with Crippen molar-refractivity contribution in [1.82, 2.24) is 20.6 Å². The van der Waals surface area contributed by atoms with Crippen LogP contribution in [-0.4, -0.2) is 41.0 Å². The van der Waals surface area contributed by atoms with E-state index in [2.05, 4.69) is 51.6 Å². The molecule has 1 aromatic heterocycles. The van der Waals surface area contributed by atoms with Crippen LogP contribution in [0.4, 0.5) is 11.6 Å². The molecule has 1 atom stereocenters. The molecule has 0 unspecified atom stereocenters. The maximum atomic E-state index is 12.4. The highest BCUT2D eigenvalue weighted by atomic mass is 35.5. The number of rotatable bonds is 8. The van der Waals surface area contributed by atoms with Crippen molar-refractivity contribution in [2.45, 2.75) is 39.3 Å². The normalized spacial score (nSPS) is 16.0. The largest absolute Gasteiger partial charge is 0.382 e. The van der Waals surface area contributed by atoms with E-state index < -0.39 is 5.91 Å². The third kappa shape index (κ3) is 6.53. The number of nitrogens with zero attached hydrogens (tertiary/aromatic N) is 3. The van der Waals surface area contributed by atoms with Gasteiger partial charge in [-0.25, -0.2) is 9.97 Å². The van der Waals surface area contributed by atoms with Gasteiger partial charge in [0.2, 0.25) is 0 Å². The van der Waals surface area contributed by atoms with Gasteiger partial charge in [-0.15, -0.1) is 0 Å². The minimum Gasteiger partial charge on any atom is -0.382 e. The minimum absolute atomic E-state index is 0.0258. The van der Waals surface area contributed by atoms with E-state index in [0.717, 1.165) is 12.8 Å². The average Bonchev–Trinajstić information content (AvgIpc) is 3.14. The minimum atomic E-state index is -0.549. The molecule has 6 N–H and O–H groups in total. The number of nitrogens with two attached hydrogens (primary N) is 2. The Hall–Kier alpha value is -2.91. The van der Waals surface area contributed by atoms with Gasteiger partial charge in [0.15, 0.2) is 28.4 Å². The number of benzene rings is 1. The summed E-state index contributed by atoms with van der Waals surface area (Å²) in [6, 6.07) is 10.2. The lowest BCUT2D eigenvalue weighted by molar-refractivity contribution is 0.0876. The highest BCUT2D eigenvalue weighted by Crippen LogP contribution is 2.28. The Bertz CT molecular complexity index is 950. The van der Waals surface area contributed by atoms with Crippen molar-refractivity contribution < 1.29 is 9.53 Å². The molecule has 10 heteroatoms. The lowest BCUT2D eigenvalue weighted by atomic mass is 9.83. The third-order valence-electron chi connectivity index (χ3n) is 5.00. The summed E-state index contributed by atoms with van der Waals surface area (Å²) in [5.74, 6) is -0.291. The number of nitrogens with one attached hydrogen (secondary N) is 2. The number of amides is 1. The number of aromatic nitrogens is 2. The van der Waals surface area contributed by atoms with E-state index in [1.807, 2.05) is 18.2 Å². The molecule has 1 amide bonds. The molecule has 3 rings (SSSR count). The molecule has 31 heavy (non-hydrogen) atoms. The van der Waals surface area contributed by atoms with Gasteiger partial charge >= 0.3 is 0 Å². The van der Waals surface area contributed by atoms with Gasteiger partial charge in [-0.05, 0) is 23.8 Å². The number of carbonyl (C=O) groups excluding carboxylic acids is 1. The van der Waals surface area contributed by atoms with Crippen molar-refractivity contribution in [2.24, 2.45) is 10.4 Å². The van der Waals surface area contributed by atoms with Crippen LogP contribution >= 0.6 is 11.6 Å². The number of aliphatic imine (C=N–C) groups is 1. The first-order valence-corrected chi connectivity index (χ1v) is 10.4. The van der Waals surface area contributed by atoms with Crippen molar-refractivity contribution in [1.29, 1.82) is 0 Å². The Balaban J connectivity index is 1.43. The van der Waals surface area contributed by atoms with Gasteiger partial charge < -0.3 is 21.5 Å². The summed E-state index contributed by atoms with van der Waals surface area (Å²) in [6.45, 7) is 6.25. The zero-order valence-corrected chi connectivity index (χ0v) is 18.4. The van der Waals surface area contributed by atoms with E-state index in [1.54, 1.807) is 0 Å². The average molecular weight is 446 g/mol. The summed E-state index contributed by atoms with van der Waals surface area (Å²) in [6.07, 6.45) is 1.79. The molecule has 0 saturated carbocycles. The monoisotopic (exact) mass is 445 g/mol. The molecule has 0 bridgehead atoms. The maximum Gasteiger partial charge on any atom is 0.280 e. The highest BCUT2D eigenvalue weighted by molar-refractivity contribution is 6.31. The van der Waals surface area contributed by atoms with Crippen molar-refractivity contribution >= 4 is 35.1 Å². The van der Waals surface area contributed by atoms with Crippen molar-refractivity contribution in [3.05, 3.63) is 46.7 Å². The second-order valence-corrected chi connectivity index (χ2v) is 8.63. The van der Waals surface area contributed by atoms with E-state index in [9.17, 15) is 4.79 Å². The van der Waals surface area contributed by atoms with Crippen LogP contribution in [-0.2, 0) is 11.3 Å². The van der Waals surface area contributed by atoms with Gasteiger partial charge in [0.25, 0.3) is 5.91 Å². The van der Waals surface area contributed by atoms with E-state index >= 15 is 0 Å². The summed E-state index contributed by atoms with van der Waals surface area (Å²) in [7, 11) is 0. The molecule has 1 aliphatic rings. The fourth-order valence-electron chi connectivity index (χ4n) is 3.33. The van der Waals surface area contributed by atoms with Crippen LogP contribution in [0, 0.1) is 5.41 Å². The summed E-state index contributed by atoms with van der Waals surface area (Å²) in [4.78, 5) is 24.5. The Morgan fingerprint density at radius 3 is 2.74 bits per heavy atom. The van der Waals surface area contributed by atoms with Gasteiger partial charge in [0, 0.05) is 12.6 Å². The number of nitrogen functional groups attached to an aromatic ring is 2. The number of carbonyl (C=O) groups is 1. The van der Waals surface area contributed by atoms with Gasteiger partial charge in [-0.3, -0.25) is 15.1 Å². The van der Waals surface area contributed by atoms with Gasteiger partial charge in [0.1, 0.15) is 0 Å². The number of guanidine groups is 1. The quantitative estimate of drug-likeness (QED) is 0.457. The van der Waals surface area contributed by atoms with Crippen LogP contribution in [0.2, 0.25) is 5.15 Å². The van der Waals surface area contributed by atoms with Gasteiger partial charge in [-0.1, -0.05) is 55.8 Å². The Morgan fingerprint density at radius 2 is 2.00 bits per heavy atom. The Morgan fingerprint density at radius 1 is 1.26 bits per heavy atom. The molecule has 0 saturated heterocycles. The first kappa shape index (κ1) is 22.8. The first-order valence-electron chi connectivity index (χ1n) is 10.1. The molecule has 1 aliphatic heterocycles. The molecule has 2 aromatic rings. The van der Waals surface area contributed by atoms with E-state index in [1.165, 1.54) is 5.56 Å². The van der Waals surface area contributed by atoms with E-state index in [4.69, 9.17) is 27.8 Å². The molecule has 166 valence electrons. The summed E-state index contributed by atoms with van der Waals surface area (Å²) >= 11 is 5.84. The molecule has 2 heterocycles. The zero-order chi connectivity index (χ0) is 22.4. The Labute approximate surface area is 186 Å². The maximum absolute atomic E-state index is 12.4. The van der Waals surface area contributed by atoms with Crippen molar-refractivity contribution in [2.75, 3.05) is 24.6 Å². The van der Waals surface area contributed by atoms with Crippen LogP contribution in [0.5, 0.6) is 0 Å². The molecule has 1 aromatic carbocycles. The fraction of sp³-hybridized carbons (Fsp3) is 0.429. The standard InChI is InChI=1S/C21H28ClN7O2/c1-21(2,8-9-31-12-13-6-4-3-5-7-13)10-14-11-25-20(26-14)29-19(30)15-17(23)28-18(24)16(22)27-15/h3-7,14H,8-12H2,1-2H3,(H4,23,24,28)(H2,25,26,29,30)/t14-/m0/s1. The summed E-state index contributed by atoms with van der Waals surface area (Å²) in [5.41, 5.74) is 12.4. The van der Waals surface area contributed by atoms with Crippen LogP contribution in [0.25, 0.3) is 0 Å². The molecule has 0 aliphatic carbocycles. The van der Waals surface area contributed by atoms with Crippen LogP contribution in [0.1, 0.15) is 42.7 Å². The second-order valence-electron chi connectivity index (χ2n) is 8.27. The number of hydrogen-bond donors (Lipinski definition) is 4. The molecule has 9 nitrogen and oxygen atoms in total. The topological polar surface area (TPSA) is 141 Å². The second kappa shape index (κ2) is 9.93. The predicted octanol–water partition coefficient (Wildman–Crippen LogP) is 2.38. The van der Waals surface area contributed by atoms with Gasteiger partial charge in [0.05, 0.1) is 13.2 Å². The highest BCUT2D eigenvalue weighted by Gasteiger charge is 2.28. The number of halogens is 1. The number of hydrogen-bond acceptors (Lipinski definition) is 8. The number of anilines is 2. The number of ether oxygens (including phenoxy) is 1. The molecule has 0 spiro atoms. The first-order chi connectivity index (χ1) is 14.7. The fourth-order valence-corrected chi connectivity index (χ4v) is 3.46. The molecule has 0 fully saturated rings. The van der Waals surface area contributed by atoms with Crippen molar-refractivity contribution in [3.8, 4) is 0 Å². The predicted molar refractivity (Wildman–Crippen MR) is 122 cm³/mol. The summed E-state index contributed by atoms with van der Waals surface area (Å²) < 4.78 is 5.82. The molecular formula is C21H28ClN7O2. The third-order valence-corrected chi connectivity index (χ3v) is 5.27. The van der Waals surface area contributed by atoms with Crippen molar-refractivity contribution in [3.63, 3.8) is 0 Å². The zero-order valence-electron chi connectivity index (χ0n) is 17.7. The van der Waals surface area contributed by atoms with Crippen LogP contribution in [0.3, 0.4) is 0 Å². The lowest BCUT2D eigenvalue weighted by Gasteiger charge is -2.28. The van der Waals surface area contributed by atoms with Crippen LogP contribution < -0.4 is 22.1 Å². The van der Waals surface area contributed by atoms with Crippen LogP contribution in [0.15, 0.2) is 35.3 Å². The van der Waals surface area contributed by atoms with E-state index in [0.29, 0.717) is 25.7 Å². The van der Waals surface area contributed by atoms with Gasteiger partial charge in [-0.2, -0.15) is 0 Å². The molecular weight excluding hydrogens is 418 g/mol. The summed E-state index contributed by atoms with van der Waals surface area (Å²) in [5, 5.41) is 5.83. The SMILES string of the molecule is CC(C)(CCOCc1ccccc1)C[C@H]1CN=C(NC(=O)c2nc(Cl)c(N)nc2N)N1. The van der Waals surface area contributed by atoms with E-state index in [-0.39, 0.29) is 33.9 Å². The lowest BCUT2D eigenvalue weighted by Crippen LogP contribution is -2.43. The molecule has 0 radical (unpaired) electrons.